The van der Waals surface area contributed by atoms with Gasteiger partial charge in [-0.3, -0.25) is 0 Å². The summed E-state index contributed by atoms with van der Waals surface area (Å²) in [6, 6.07) is 29.9. The number of amidine groups is 2. The first-order chi connectivity index (χ1) is 25.6. The summed E-state index contributed by atoms with van der Waals surface area (Å²) >= 11 is 1.84. The van der Waals surface area contributed by atoms with Gasteiger partial charge in [-0.15, -0.1) is 11.8 Å². The van der Waals surface area contributed by atoms with Crippen molar-refractivity contribution in [2.75, 3.05) is 7.05 Å². The van der Waals surface area contributed by atoms with Crippen molar-refractivity contribution < 1.29 is 8.83 Å². The number of benzene rings is 4. The molecule has 5 nitrogen and oxygen atoms in total. The van der Waals surface area contributed by atoms with E-state index < -0.39 is 0 Å². The normalized spacial score (nSPS) is 20.9. The molecule has 0 spiro atoms. The predicted molar refractivity (Wildman–Crippen MR) is 217 cm³/mol. The molecule has 6 heteroatoms. The summed E-state index contributed by atoms with van der Waals surface area (Å²) in [6.07, 6.45) is 17.8. The third-order valence-corrected chi connectivity index (χ3v) is 12.1. The smallest absolute Gasteiger partial charge is 0.146 e. The van der Waals surface area contributed by atoms with Crippen molar-refractivity contribution in [3.63, 3.8) is 0 Å². The molecule has 0 bridgehead atoms. The number of hydrogen-bond acceptors (Lipinski definition) is 6. The zero-order chi connectivity index (χ0) is 34.8. The largest absolute Gasteiger partial charge is 0.460 e. The maximum Gasteiger partial charge on any atom is 0.146 e. The molecule has 0 saturated heterocycles. The second-order valence-corrected chi connectivity index (χ2v) is 15.2. The van der Waals surface area contributed by atoms with E-state index in [1.165, 1.54) is 21.6 Å². The third kappa shape index (κ3) is 5.24. The lowest BCUT2D eigenvalue weighted by atomic mass is 9.90. The number of fused-ring (bicyclic) bond motifs is 7. The highest BCUT2D eigenvalue weighted by atomic mass is 32.2. The van der Waals surface area contributed by atoms with Gasteiger partial charge in [-0.05, 0) is 84.4 Å². The Morgan fingerprint density at radius 2 is 1.67 bits per heavy atom. The van der Waals surface area contributed by atoms with Gasteiger partial charge in [0.1, 0.15) is 40.3 Å². The lowest BCUT2D eigenvalue weighted by Gasteiger charge is -2.35. The van der Waals surface area contributed by atoms with E-state index in [0.29, 0.717) is 0 Å². The highest BCUT2D eigenvalue weighted by Crippen LogP contribution is 2.42. The van der Waals surface area contributed by atoms with Crippen LogP contribution in [0, 0.1) is 0 Å². The Kier molecular flexibility index (Phi) is 7.53. The Labute approximate surface area is 307 Å². The van der Waals surface area contributed by atoms with Crippen molar-refractivity contribution in [1.82, 2.24) is 4.90 Å². The van der Waals surface area contributed by atoms with E-state index >= 15 is 0 Å². The molecule has 0 radical (unpaired) electrons. The highest BCUT2D eigenvalue weighted by Gasteiger charge is 2.32. The van der Waals surface area contributed by atoms with Crippen LogP contribution >= 0.6 is 11.8 Å². The van der Waals surface area contributed by atoms with Crippen LogP contribution in [-0.2, 0) is 6.42 Å². The van der Waals surface area contributed by atoms with Crippen molar-refractivity contribution in [2.24, 2.45) is 9.98 Å². The summed E-state index contributed by atoms with van der Waals surface area (Å²) < 4.78 is 12.9. The Balaban J connectivity index is 1.07. The standard InChI is InChI=1S/C46H37N3O2S/c1-28-12-10-21-42(52-41-20-9-7-15-32(28)41)44-47-45(29-13-4-3-5-14-29)49(2)46(48-44)31-23-25-40-37(27-31)36-26-30(22-24-39(36)50-40)33-17-11-18-35-34-16-6-8-19-38(34)51-43(33)35/h3-4,6-13,15-20,23,25-27,42,45H,1,5,14,21-22,24H2,2H3/b12-10-/t42-,45?/m0/s1. The van der Waals surface area contributed by atoms with Gasteiger partial charge < -0.3 is 13.7 Å². The average Bonchev–Trinajstić information content (AvgIpc) is 3.75. The monoisotopic (exact) mass is 695 g/mol. The Bertz CT molecular complexity index is 2640. The number of rotatable bonds is 4. The van der Waals surface area contributed by atoms with E-state index in [0.717, 1.165) is 105 Å². The Morgan fingerprint density at radius 3 is 2.60 bits per heavy atom. The summed E-state index contributed by atoms with van der Waals surface area (Å²) in [5.41, 5.74) is 10.9. The third-order valence-electron chi connectivity index (χ3n) is 10.8. The van der Waals surface area contributed by atoms with Crippen LogP contribution in [0.25, 0.3) is 50.1 Å². The Morgan fingerprint density at radius 1 is 0.827 bits per heavy atom. The van der Waals surface area contributed by atoms with Gasteiger partial charge in [0.05, 0.1) is 5.25 Å². The molecule has 254 valence electrons. The van der Waals surface area contributed by atoms with Crippen molar-refractivity contribution in [3.8, 4) is 0 Å². The Hall–Kier alpha value is -5.59. The number of nitrogens with zero attached hydrogens (tertiary/aromatic N) is 3. The summed E-state index contributed by atoms with van der Waals surface area (Å²) in [7, 11) is 2.13. The summed E-state index contributed by atoms with van der Waals surface area (Å²) in [5.74, 6) is 2.84. The first-order valence-corrected chi connectivity index (χ1v) is 19.0. The minimum atomic E-state index is -0.127. The fourth-order valence-electron chi connectivity index (χ4n) is 8.11. The number of furan rings is 2. The van der Waals surface area contributed by atoms with E-state index in [1.54, 1.807) is 0 Å². The first-order valence-electron chi connectivity index (χ1n) is 18.1. The van der Waals surface area contributed by atoms with Gasteiger partial charge in [-0.1, -0.05) is 91.6 Å². The second-order valence-electron chi connectivity index (χ2n) is 14.0. The van der Waals surface area contributed by atoms with Crippen molar-refractivity contribution in [3.05, 3.63) is 155 Å². The van der Waals surface area contributed by atoms with Crippen molar-refractivity contribution >= 4 is 73.6 Å². The molecule has 1 unspecified atom stereocenters. The summed E-state index contributed by atoms with van der Waals surface area (Å²) in [5, 5.41) is 3.47. The SMILES string of the molecule is C=C1/C=C\C[C@@H](C2=NC(C3=CC=CCC3)N(C)C(c3ccc4oc5c(c4c3)C=C(c3cccc4c3oc3ccccc34)CC5)=N2)Sc2ccccc21. The molecule has 10 rings (SSSR count). The molecule has 0 N–H and O–H groups in total. The van der Waals surface area contributed by atoms with E-state index in [2.05, 4.69) is 128 Å². The van der Waals surface area contributed by atoms with Crippen LogP contribution in [0.15, 0.2) is 151 Å². The molecule has 4 aromatic carbocycles. The number of thioether (sulfide) groups is 1. The molecule has 2 atom stereocenters. The molecule has 0 amide bonds. The number of likely N-dealkylation sites (N-methyl/N-ethyl adjacent to an activating group) is 1. The highest BCUT2D eigenvalue weighted by molar-refractivity contribution is 8.00. The minimum Gasteiger partial charge on any atom is -0.460 e. The second kappa shape index (κ2) is 12.6. The quantitative estimate of drug-likeness (QED) is 0.184. The predicted octanol–water partition coefficient (Wildman–Crippen LogP) is 11.6. The minimum absolute atomic E-state index is 0.0632. The van der Waals surface area contributed by atoms with Gasteiger partial charge in [0.2, 0.25) is 0 Å². The topological polar surface area (TPSA) is 54.2 Å². The van der Waals surface area contributed by atoms with Crippen LogP contribution in [0.5, 0.6) is 0 Å². The molecule has 4 aliphatic rings. The zero-order valence-corrected chi connectivity index (χ0v) is 29.8. The van der Waals surface area contributed by atoms with E-state index in [-0.39, 0.29) is 11.4 Å². The van der Waals surface area contributed by atoms with Crippen LogP contribution in [-0.4, -0.2) is 35.0 Å². The van der Waals surface area contributed by atoms with Gasteiger partial charge >= 0.3 is 0 Å². The first kappa shape index (κ1) is 31.2. The van der Waals surface area contributed by atoms with Gasteiger partial charge in [0, 0.05) is 51.2 Å². The number of para-hydroxylation sites is 2. The number of aliphatic imine (C=N–C) groups is 2. The van der Waals surface area contributed by atoms with Gasteiger partial charge in [-0.2, -0.15) is 0 Å². The molecule has 2 aliphatic heterocycles. The molecule has 4 heterocycles. The lowest BCUT2D eigenvalue weighted by molar-refractivity contribution is 0.406. The average molecular weight is 696 g/mol. The van der Waals surface area contributed by atoms with Crippen LogP contribution < -0.4 is 0 Å². The number of allylic oxidation sites excluding steroid dienone is 7. The summed E-state index contributed by atoms with van der Waals surface area (Å²) in [4.78, 5) is 14.3. The number of hydrogen-bond donors (Lipinski definition) is 0. The van der Waals surface area contributed by atoms with Crippen LogP contribution in [0.4, 0.5) is 0 Å². The molecular formula is C46H37N3O2S. The van der Waals surface area contributed by atoms with Crippen LogP contribution in [0.3, 0.4) is 0 Å². The maximum absolute atomic E-state index is 6.50. The lowest BCUT2D eigenvalue weighted by Crippen LogP contribution is -2.43. The van der Waals surface area contributed by atoms with Gasteiger partial charge in [0.25, 0.3) is 0 Å². The molecular weight excluding hydrogens is 659 g/mol. The van der Waals surface area contributed by atoms with Crippen molar-refractivity contribution in [2.45, 2.75) is 48.4 Å². The molecule has 2 aromatic heterocycles. The van der Waals surface area contributed by atoms with Gasteiger partial charge in [-0.25, -0.2) is 9.98 Å². The molecule has 0 saturated carbocycles. The fraction of sp³-hybridized carbons (Fsp3) is 0.174. The zero-order valence-electron chi connectivity index (χ0n) is 29.0. The van der Waals surface area contributed by atoms with Crippen molar-refractivity contribution in [1.29, 1.82) is 0 Å². The van der Waals surface area contributed by atoms with E-state index in [4.69, 9.17) is 18.8 Å². The molecule has 2 aliphatic carbocycles. The maximum atomic E-state index is 6.50. The van der Waals surface area contributed by atoms with E-state index in [1.807, 2.05) is 23.9 Å². The van der Waals surface area contributed by atoms with Gasteiger partial charge in [0.15, 0.2) is 0 Å². The number of aryl methyl sites for hydroxylation is 1. The molecule has 0 fully saturated rings. The van der Waals surface area contributed by atoms with Crippen LogP contribution in [0.1, 0.15) is 53.7 Å². The van der Waals surface area contributed by atoms with E-state index in [9.17, 15) is 0 Å². The molecule has 6 aromatic rings. The van der Waals surface area contributed by atoms with Crippen LogP contribution in [0.2, 0.25) is 0 Å². The molecule has 52 heavy (non-hydrogen) atoms. The summed E-state index contributed by atoms with van der Waals surface area (Å²) in [6.45, 7) is 4.33. The fourth-order valence-corrected chi connectivity index (χ4v) is 9.33.